The molecule has 6 rings (SSSR count). The van der Waals surface area contributed by atoms with E-state index in [4.69, 9.17) is 4.74 Å². The molecule has 168 valence electrons. The van der Waals surface area contributed by atoms with Crippen molar-refractivity contribution in [1.82, 2.24) is 24.2 Å². The average Bonchev–Trinajstić information content (AvgIpc) is 3.45. The summed E-state index contributed by atoms with van der Waals surface area (Å²) < 4.78 is 10.9. The Bertz CT molecular complexity index is 1730. The van der Waals surface area contributed by atoms with Gasteiger partial charge in [-0.15, -0.1) is 4.52 Å². The van der Waals surface area contributed by atoms with E-state index < -0.39 is 0 Å². The number of rotatable bonds is 5. The molecule has 8 nitrogen and oxygen atoms in total. The number of aromatic amines is 1. The normalized spacial score (nSPS) is 11.6. The van der Waals surface area contributed by atoms with Crippen molar-refractivity contribution in [3.8, 4) is 17.1 Å². The highest BCUT2D eigenvalue weighted by atomic mass is 16.5. The van der Waals surface area contributed by atoms with Gasteiger partial charge in [-0.25, -0.2) is 5.10 Å². The van der Waals surface area contributed by atoms with E-state index in [1.807, 2.05) is 55.7 Å². The Kier molecular flexibility index (Phi) is 4.65. The van der Waals surface area contributed by atoms with Crippen molar-refractivity contribution in [3.05, 3.63) is 89.1 Å². The lowest BCUT2D eigenvalue weighted by Gasteiger charge is -2.06. The fraction of sp³-hybridized carbons (Fsp3) is 0.154. The number of nitrogens with one attached hydrogen (secondary N) is 1. The lowest BCUT2D eigenvalue weighted by atomic mass is 10.1. The van der Waals surface area contributed by atoms with Crippen molar-refractivity contribution >= 4 is 27.6 Å². The van der Waals surface area contributed by atoms with Gasteiger partial charge in [-0.3, -0.25) is 4.79 Å². The van der Waals surface area contributed by atoms with Crippen LogP contribution in [-0.4, -0.2) is 31.3 Å². The van der Waals surface area contributed by atoms with Crippen molar-refractivity contribution in [2.75, 3.05) is 7.11 Å². The second kappa shape index (κ2) is 7.84. The summed E-state index contributed by atoms with van der Waals surface area (Å²) >= 11 is 0. The number of hydrogen-bond acceptors (Lipinski definition) is 4. The molecule has 4 aromatic heterocycles. The Labute approximate surface area is 194 Å². The van der Waals surface area contributed by atoms with Gasteiger partial charge < -0.3 is 13.9 Å². The van der Waals surface area contributed by atoms with E-state index in [9.17, 15) is 4.79 Å². The number of aromatic nitrogens is 6. The molecule has 0 aliphatic carbocycles. The van der Waals surface area contributed by atoms with Gasteiger partial charge in [0.15, 0.2) is 0 Å². The van der Waals surface area contributed by atoms with E-state index in [0.717, 1.165) is 23.3 Å². The van der Waals surface area contributed by atoms with Gasteiger partial charge in [-0.2, -0.15) is 0 Å². The lowest BCUT2D eigenvalue weighted by molar-refractivity contribution is -0.550. The first-order valence-electron chi connectivity index (χ1n) is 11.1. The van der Waals surface area contributed by atoms with E-state index in [-0.39, 0.29) is 5.56 Å². The van der Waals surface area contributed by atoms with Crippen LogP contribution in [0.25, 0.3) is 39.0 Å². The molecular formula is C26H23N6O2+. The quantitative estimate of drug-likeness (QED) is 0.408. The Morgan fingerprint density at radius 2 is 1.88 bits per heavy atom. The van der Waals surface area contributed by atoms with Crippen LogP contribution in [0.15, 0.2) is 78.0 Å². The van der Waals surface area contributed by atoms with Crippen LogP contribution in [0.1, 0.15) is 5.56 Å². The molecule has 0 saturated heterocycles. The number of nitrogens with zero attached hydrogens (tertiary/aromatic N) is 5. The van der Waals surface area contributed by atoms with E-state index in [2.05, 4.69) is 38.0 Å². The Balaban J connectivity index is 1.35. The number of para-hydroxylation sites is 1. The molecule has 34 heavy (non-hydrogen) atoms. The first-order valence-corrected chi connectivity index (χ1v) is 11.1. The van der Waals surface area contributed by atoms with Gasteiger partial charge >= 0.3 is 5.78 Å². The third-order valence-corrected chi connectivity index (χ3v) is 6.32. The highest BCUT2D eigenvalue weighted by molar-refractivity contribution is 5.83. The summed E-state index contributed by atoms with van der Waals surface area (Å²) in [6.45, 7) is 0.589. The summed E-state index contributed by atoms with van der Waals surface area (Å²) in [7, 11) is 3.68. The highest BCUT2D eigenvalue weighted by Gasteiger charge is 2.19. The second-order valence-electron chi connectivity index (χ2n) is 8.34. The predicted molar refractivity (Wildman–Crippen MR) is 130 cm³/mol. The van der Waals surface area contributed by atoms with Gasteiger partial charge in [0, 0.05) is 42.5 Å². The van der Waals surface area contributed by atoms with Gasteiger partial charge in [-0.05, 0) is 53.4 Å². The van der Waals surface area contributed by atoms with Crippen molar-refractivity contribution in [1.29, 1.82) is 0 Å². The summed E-state index contributed by atoms with van der Waals surface area (Å²) in [5.41, 5.74) is 4.00. The van der Waals surface area contributed by atoms with Gasteiger partial charge in [0.05, 0.1) is 7.11 Å². The van der Waals surface area contributed by atoms with Gasteiger partial charge in [0.25, 0.3) is 5.56 Å². The molecule has 0 amide bonds. The minimum absolute atomic E-state index is 0.0692. The molecule has 0 bridgehead atoms. The van der Waals surface area contributed by atoms with E-state index in [1.165, 1.54) is 16.5 Å². The molecule has 6 aromatic rings. The fourth-order valence-electron chi connectivity index (χ4n) is 4.53. The molecule has 0 radical (unpaired) electrons. The van der Waals surface area contributed by atoms with E-state index >= 15 is 0 Å². The third-order valence-electron chi connectivity index (χ3n) is 6.32. The topological polar surface area (TPSA) is 81.8 Å². The largest absolute Gasteiger partial charge is 0.497 e. The lowest BCUT2D eigenvalue weighted by Crippen LogP contribution is -2.30. The number of H-pyrrole nitrogens is 1. The van der Waals surface area contributed by atoms with Crippen molar-refractivity contribution in [2.45, 2.75) is 13.0 Å². The summed E-state index contributed by atoms with van der Waals surface area (Å²) in [4.78, 5) is 22.3. The van der Waals surface area contributed by atoms with E-state index in [0.29, 0.717) is 23.5 Å². The molecule has 0 aliphatic rings. The van der Waals surface area contributed by atoms with Gasteiger partial charge in [-0.1, -0.05) is 23.2 Å². The van der Waals surface area contributed by atoms with E-state index in [1.54, 1.807) is 22.4 Å². The standard InChI is InChI=1S/C26H22N6O2/c1-30-16-18(20-5-3-4-6-22(20)30)11-13-31-14-12-23-21(25(31)33)15-27-26-28-24(29-32(23)26)17-7-9-19(34-2)10-8-17/h3-10,12,14-16H,11,13H2,1-2H3/p+1. The highest BCUT2D eigenvalue weighted by Crippen LogP contribution is 2.21. The van der Waals surface area contributed by atoms with Crippen LogP contribution in [0.3, 0.4) is 0 Å². The maximum atomic E-state index is 13.3. The summed E-state index contributed by atoms with van der Waals surface area (Å²) in [5.74, 6) is 1.95. The molecule has 0 atom stereocenters. The Morgan fingerprint density at radius 1 is 1.06 bits per heavy atom. The maximum absolute atomic E-state index is 13.3. The number of hydrogen-bond donors (Lipinski definition) is 1. The van der Waals surface area contributed by atoms with Gasteiger partial charge in [0.2, 0.25) is 5.82 Å². The van der Waals surface area contributed by atoms with Crippen molar-refractivity contribution in [2.24, 2.45) is 7.05 Å². The Hall–Kier alpha value is -4.46. The Morgan fingerprint density at radius 3 is 2.71 bits per heavy atom. The van der Waals surface area contributed by atoms with Crippen LogP contribution in [0.4, 0.5) is 0 Å². The number of benzene rings is 2. The number of aryl methyl sites for hydroxylation is 3. The number of methoxy groups -OCH3 is 1. The molecular weight excluding hydrogens is 428 g/mol. The third kappa shape index (κ3) is 3.23. The summed E-state index contributed by atoms with van der Waals surface area (Å²) in [6, 6.07) is 17.9. The van der Waals surface area contributed by atoms with Crippen LogP contribution in [0, 0.1) is 0 Å². The minimum Gasteiger partial charge on any atom is -0.497 e. The van der Waals surface area contributed by atoms with Crippen LogP contribution in [-0.2, 0) is 20.0 Å². The summed E-state index contributed by atoms with van der Waals surface area (Å²) in [6.07, 6.45) is 6.36. The zero-order chi connectivity index (χ0) is 23.2. The summed E-state index contributed by atoms with van der Waals surface area (Å²) in [5, 5.41) is 5.04. The van der Waals surface area contributed by atoms with Gasteiger partial charge in [0.1, 0.15) is 22.8 Å². The molecule has 0 spiro atoms. The number of pyridine rings is 1. The minimum atomic E-state index is -0.0692. The molecule has 4 heterocycles. The zero-order valence-electron chi connectivity index (χ0n) is 18.9. The first kappa shape index (κ1) is 20.2. The predicted octanol–water partition coefficient (Wildman–Crippen LogP) is 3.27. The first-order chi connectivity index (χ1) is 16.6. The molecule has 0 aliphatic heterocycles. The fourth-order valence-corrected chi connectivity index (χ4v) is 4.53. The second-order valence-corrected chi connectivity index (χ2v) is 8.34. The number of fused-ring (bicyclic) bond motifs is 4. The smallest absolute Gasteiger partial charge is 0.457 e. The number of ether oxygens (including phenoxy) is 1. The molecule has 2 aromatic carbocycles. The molecule has 0 fully saturated rings. The molecule has 8 heteroatoms. The molecule has 0 saturated carbocycles. The van der Waals surface area contributed by atoms with Crippen LogP contribution in [0.2, 0.25) is 0 Å². The van der Waals surface area contributed by atoms with Crippen molar-refractivity contribution in [3.63, 3.8) is 0 Å². The average molecular weight is 452 g/mol. The van der Waals surface area contributed by atoms with Crippen LogP contribution >= 0.6 is 0 Å². The maximum Gasteiger partial charge on any atom is 0.457 e. The zero-order valence-corrected chi connectivity index (χ0v) is 18.9. The van der Waals surface area contributed by atoms with Crippen LogP contribution < -0.4 is 14.8 Å². The SMILES string of the molecule is COc1ccc(-c2nc3ncc4c(=O)n(CCc5cn(C)c6ccccc56)ccc4[n+]3[nH]2)cc1. The molecule has 0 unspecified atom stereocenters. The monoisotopic (exact) mass is 451 g/mol. The van der Waals surface area contributed by atoms with Crippen LogP contribution in [0.5, 0.6) is 5.75 Å². The van der Waals surface area contributed by atoms with Crippen molar-refractivity contribution < 1.29 is 9.25 Å². The molecule has 1 N–H and O–H groups in total.